The maximum atomic E-state index is 12.2. The molecule has 0 bridgehead atoms. The number of hydrogen-bond acceptors (Lipinski definition) is 5. The third-order valence-corrected chi connectivity index (χ3v) is 5.17. The Labute approximate surface area is 134 Å². The molecule has 2 aliphatic rings. The minimum Gasteiger partial charge on any atom is -0.466 e. The Kier molecular flexibility index (Phi) is 5.04. The van der Waals surface area contributed by atoms with Crippen LogP contribution in [0.25, 0.3) is 0 Å². The minimum atomic E-state index is -0.501. The van der Waals surface area contributed by atoms with Gasteiger partial charge in [0.15, 0.2) is 0 Å². The number of piperidine rings is 1. The molecule has 0 atom stereocenters. The number of likely N-dealkylation sites (tertiary alicyclic amines) is 1. The van der Waals surface area contributed by atoms with Crippen molar-refractivity contribution in [3.63, 3.8) is 0 Å². The minimum absolute atomic E-state index is 0.211. The molecule has 0 N–H and O–H groups in total. The quantitative estimate of drug-likeness (QED) is 0.454. The van der Waals surface area contributed by atoms with Gasteiger partial charge in [0.1, 0.15) is 0 Å². The van der Waals surface area contributed by atoms with E-state index in [-0.39, 0.29) is 11.9 Å². The Morgan fingerprint density at radius 1 is 1.18 bits per heavy atom. The van der Waals surface area contributed by atoms with Crippen molar-refractivity contribution < 1.29 is 18.8 Å². The molecule has 5 nitrogen and oxygen atoms in total. The summed E-state index contributed by atoms with van der Waals surface area (Å²) in [7, 11) is 3.03. The van der Waals surface area contributed by atoms with Gasteiger partial charge in [-0.25, -0.2) is 4.79 Å². The zero-order valence-electron chi connectivity index (χ0n) is 14.6. The standard InChI is InChI=1S/C16H28BNO4/c1-15(2)16(3,4)22-17(21-15)11-13(14(19)20-6)12-7-9-18(5)10-8-12/h11-12H,7-10H2,1-6H3/b13-11-. The van der Waals surface area contributed by atoms with Crippen molar-refractivity contribution in [1.82, 2.24) is 4.90 Å². The van der Waals surface area contributed by atoms with Gasteiger partial charge < -0.3 is 18.9 Å². The van der Waals surface area contributed by atoms with E-state index in [1.54, 1.807) is 0 Å². The number of esters is 1. The van der Waals surface area contributed by atoms with E-state index in [1.807, 2.05) is 33.7 Å². The van der Waals surface area contributed by atoms with Crippen LogP contribution in [0, 0.1) is 5.92 Å². The molecular formula is C16H28BNO4. The highest BCUT2D eigenvalue weighted by molar-refractivity contribution is 6.52. The summed E-state index contributed by atoms with van der Waals surface area (Å²) in [5.41, 5.74) is -0.112. The van der Waals surface area contributed by atoms with Crippen LogP contribution in [0.3, 0.4) is 0 Å². The molecule has 6 heteroatoms. The van der Waals surface area contributed by atoms with Gasteiger partial charge in [0.05, 0.1) is 18.3 Å². The van der Waals surface area contributed by atoms with E-state index < -0.39 is 18.3 Å². The molecule has 2 heterocycles. The molecule has 0 saturated carbocycles. The number of rotatable bonds is 3. The molecule has 22 heavy (non-hydrogen) atoms. The Morgan fingerprint density at radius 3 is 2.14 bits per heavy atom. The smallest absolute Gasteiger partial charge is 0.466 e. The lowest BCUT2D eigenvalue weighted by atomic mass is 9.80. The molecule has 0 aliphatic carbocycles. The van der Waals surface area contributed by atoms with Gasteiger partial charge in [0.2, 0.25) is 0 Å². The summed E-state index contributed by atoms with van der Waals surface area (Å²) in [5, 5.41) is 0. The van der Waals surface area contributed by atoms with E-state index in [4.69, 9.17) is 14.0 Å². The molecule has 0 aromatic rings. The molecule has 0 amide bonds. The first kappa shape index (κ1) is 17.5. The van der Waals surface area contributed by atoms with Crippen LogP contribution in [0.2, 0.25) is 0 Å². The summed E-state index contributed by atoms with van der Waals surface area (Å²) in [5.74, 6) is 1.75. The third kappa shape index (κ3) is 3.55. The Hall–Kier alpha value is -0.845. The molecule has 2 saturated heterocycles. The van der Waals surface area contributed by atoms with Crippen molar-refractivity contribution in [1.29, 1.82) is 0 Å². The summed E-state index contributed by atoms with van der Waals surface area (Å²) < 4.78 is 16.9. The highest BCUT2D eigenvalue weighted by atomic mass is 16.7. The van der Waals surface area contributed by atoms with Gasteiger partial charge in [-0.1, -0.05) is 0 Å². The molecule has 2 aliphatic heterocycles. The predicted molar refractivity (Wildman–Crippen MR) is 86.4 cm³/mol. The lowest BCUT2D eigenvalue weighted by Crippen LogP contribution is -2.41. The van der Waals surface area contributed by atoms with Crippen molar-refractivity contribution in [3.8, 4) is 0 Å². The van der Waals surface area contributed by atoms with Gasteiger partial charge in [-0.05, 0) is 72.6 Å². The molecule has 0 unspecified atom stereocenters. The van der Waals surface area contributed by atoms with Crippen LogP contribution in [0.1, 0.15) is 40.5 Å². The van der Waals surface area contributed by atoms with Gasteiger partial charge in [0, 0.05) is 5.57 Å². The highest BCUT2D eigenvalue weighted by Gasteiger charge is 2.50. The van der Waals surface area contributed by atoms with E-state index in [2.05, 4.69) is 11.9 Å². The van der Waals surface area contributed by atoms with Gasteiger partial charge in [0.25, 0.3) is 0 Å². The average molecular weight is 309 g/mol. The molecule has 0 spiro atoms. The summed E-state index contributed by atoms with van der Waals surface area (Å²) in [6.07, 6.45) is 1.91. The first-order valence-corrected chi connectivity index (χ1v) is 8.00. The van der Waals surface area contributed by atoms with Gasteiger partial charge >= 0.3 is 13.1 Å². The van der Waals surface area contributed by atoms with Gasteiger partial charge in [-0.2, -0.15) is 0 Å². The number of carbonyl (C=O) groups excluding carboxylic acids is 1. The molecular weight excluding hydrogens is 281 g/mol. The van der Waals surface area contributed by atoms with Crippen molar-refractivity contribution >= 4 is 13.1 Å². The Bertz CT molecular complexity index is 437. The summed E-state index contributed by atoms with van der Waals surface area (Å²) in [6, 6.07) is 0. The second-order valence-corrected chi connectivity index (χ2v) is 7.32. The van der Waals surface area contributed by atoms with Crippen LogP contribution in [0.5, 0.6) is 0 Å². The number of ether oxygens (including phenoxy) is 1. The van der Waals surface area contributed by atoms with Crippen molar-refractivity contribution in [2.45, 2.75) is 51.7 Å². The molecule has 2 rings (SSSR count). The SMILES string of the molecule is COC(=O)/C(=C\B1OC(C)(C)C(C)(C)O1)C1CCN(C)CC1. The van der Waals surface area contributed by atoms with Gasteiger partial charge in [-0.15, -0.1) is 0 Å². The van der Waals surface area contributed by atoms with Crippen molar-refractivity contribution in [3.05, 3.63) is 11.5 Å². The van der Waals surface area contributed by atoms with E-state index in [0.717, 1.165) is 25.9 Å². The molecule has 0 aromatic heterocycles. The Morgan fingerprint density at radius 2 is 1.68 bits per heavy atom. The number of hydrogen-bond donors (Lipinski definition) is 0. The molecule has 0 radical (unpaired) electrons. The summed E-state index contributed by atoms with van der Waals surface area (Å²) >= 11 is 0. The topological polar surface area (TPSA) is 48.0 Å². The predicted octanol–water partition coefficient (Wildman–Crippen LogP) is 2.06. The molecule has 2 fully saturated rings. The summed E-state index contributed by atoms with van der Waals surface area (Å²) in [4.78, 5) is 14.5. The average Bonchev–Trinajstić information content (AvgIpc) is 2.64. The fraction of sp³-hybridized carbons (Fsp3) is 0.812. The van der Waals surface area contributed by atoms with Crippen molar-refractivity contribution in [2.24, 2.45) is 5.92 Å². The number of carbonyl (C=O) groups is 1. The van der Waals surface area contributed by atoms with Gasteiger partial charge in [-0.3, -0.25) is 0 Å². The van der Waals surface area contributed by atoms with E-state index in [0.29, 0.717) is 5.57 Å². The maximum absolute atomic E-state index is 12.2. The molecule has 0 aromatic carbocycles. The lowest BCUT2D eigenvalue weighted by Gasteiger charge is -2.32. The van der Waals surface area contributed by atoms with Crippen molar-refractivity contribution in [2.75, 3.05) is 27.2 Å². The van der Waals surface area contributed by atoms with Crippen LogP contribution >= 0.6 is 0 Å². The highest BCUT2D eigenvalue weighted by Crippen LogP contribution is 2.38. The molecule has 124 valence electrons. The van der Waals surface area contributed by atoms with Crippen LogP contribution in [-0.4, -0.2) is 56.4 Å². The van der Waals surface area contributed by atoms with E-state index in [9.17, 15) is 4.79 Å². The van der Waals surface area contributed by atoms with Crippen LogP contribution in [-0.2, 0) is 18.8 Å². The van der Waals surface area contributed by atoms with E-state index >= 15 is 0 Å². The first-order valence-electron chi connectivity index (χ1n) is 8.00. The third-order valence-electron chi connectivity index (χ3n) is 5.17. The second-order valence-electron chi connectivity index (χ2n) is 7.32. The zero-order chi connectivity index (χ0) is 16.5. The largest absolute Gasteiger partial charge is 0.487 e. The zero-order valence-corrected chi connectivity index (χ0v) is 14.6. The lowest BCUT2D eigenvalue weighted by molar-refractivity contribution is -0.136. The van der Waals surface area contributed by atoms with Crippen LogP contribution in [0.4, 0.5) is 0 Å². The first-order chi connectivity index (χ1) is 10.2. The normalized spacial score (nSPS) is 26.3. The van der Waals surface area contributed by atoms with Crippen LogP contribution in [0.15, 0.2) is 11.5 Å². The van der Waals surface area contributed by atoms with Crippen LogP contribution < -0.4 is 0 Å². The number of nitrogens with zero attached hydrogens (tertiary/aromatic N) is 1. The fourth-order valence-electron chi connectivity index (χ4n) is 2.91. The monoisotopic (exact) mass is 309 g/mol. The summed E-state index contributed by atoms with van der Waals surface area (Å²) in [6.45, 7) is 10.0. The second kappa shape index (κ2) is 6.34. The van der Waals surface area contributed by atoms with E-state index in [1.165, 1.54) is 7.11 Å². The maximum Gasteiger partial charge on any atom is 0.487 e. The fourth-order valence-corrected chi connectivity index (χ4v) is 2.91. The number of methoxy groups -OCH3 is 1. The Balaban J connectivity index is 2.18.